The van der Waals surface area contributed by atoms with Crippen LogP contribution in [-0.4, -0.2) is 29.1 Å². The molecule has 1 heterocycles. The highest BCUT2D eigenvalue weighted by molar-refractivity contribution is 6.23. The molecule has 1 aromatic heterocycles. The van der Waals surface area contributed by atoms with E-state index in [9.17, 15) is 9.59 Å². The van der Waals surface area contributed by atoms with E-state index in [1.807, 2.05) is 0 Å². The zero-order chi connectivity index (χ0) is 9.68. The topological polar surface area (TPSA) is 50.3 Å². The fraction of sp³-hybridized carbons (Fsp3) is 0.222. The van der Waals surface area contributed by atoms with Gasteiger partial charge in [0.25, 0.3) is 5.91 Å². The quantitative estimate of drug-likeness (QED) is 0.492. The number of rotatable bonds is 3. The maximum absolute atomic E-state index is 10.9. The molecular formula is C9H10N2O2. The fourth-order valence-electron chi connectivity index (χ4n) is 0.930. The van der Waals surface area contributed by atoms with Crippen molar-refractivity contribution in [1.82, 2.24) is 9.88 Å². The lowest BCUT2D eigenvalue weighted by atomic mass is 10.2. The van der Waals surface area contributed by atoms with Crippen molar-refractivity contribution in [3.8, 4) is 0 Å². The number of pyridine rings is 1. The van der Waals surface area contributed by atoms with Crippen LogP contribution in [0.2, 0.25) is 0 Å². The Kier molecular flexibility index (Phi) is 3.14. The maximum Gasteiger partial charge on any atom is 0.286 e. The summed E-state index contributed by atoms with van der Waals surface area (Å²) in [6.45, 7) is 0.431. The minimum absolute atomic E-state index is 0.307. The van der Waals surface area contributed by atoms with E-state index in [-0.39, 0.29) is 0 Å². The highest BCUT2D eigenvalue weighted by Gasteiger charge is 2.06. The molecule has 0 saturated heterocycles. The first-order chi connectivity index (χ1) is 6.24. The number of likely N-dealkylation sites (N-methyl/N-ethyl adjacent to an activating group) is 1. The van der Waals surface area contributed by atoms with E-state index in [1.54, 1.807) is 31.6 Å². The van der Waals surface area contributed by atoms with Gasteiger partial charge < -0.3 is 4.90 Å². The van der Waals surface area contributed by atoms with Crippen molar-refractivity contribution < 1.29 is 9.59 Å². The van der Waals surface area contributed by atoms with E-state index in [0.717, 1.165) is 5.56 Å². The van der Waals surface area contributed by atoms with Gasteiger partial charge in [-0.05, 0) is 17.7 Å². The average molecular weight is 178 g/mol. The summed E-state index contributed by atoms with van der Waals surface area (Å²) in [5.74, 6) is -0.517. The summed E-state index contributed by atoms with van der Waals surface area (Å²) in [6.07, 6.45) is 3.60. The van der Waals surface area contributed by atoms with E-state index in [4.69, 9.17) is 0 Å². The summed E-state index contributed by atoms with van der Waals surface area (Å²) in [5, 5.41) is 0. The lowest BCUT2D eigenvalue weighted by Gasteiger charge is -2.12. The standard InChI is InChI=1S/C9H10N2O2/c1-11(9(13)7-12)6-8-2-4-10-5-3-8/h2-5,7H,6H2,1H3. The largest absolute Gasteiger partial charge is 0.335 e. The van der Waals surface area contributed by atoms with Gasteiger partial charge in [-0.2, -0.15) is 0 Å². The van der Waals surface area contributed by atoms with Gasteiger partial charge >= 0.3 is 0 Å². The molecule has 1 rings (SSSR count). The van der Waals surface area contributed by atoms with Gasteiger partial charge in [0.15, 0.2) is 0 Å². The lowest BCUT2D eigenvalue weighted by molar-refractivity contribution is -0.138. The van der Waals surface area contributed by atoms with Gasteiger partial charge in [-0.1, -0.05) is 0 Å². The van der Waals surface area contributed by atoms with Crippen LogP contribution in [0.3, 0.4) is 0 Å². The van der Waals surface area contributed by atoms with E-state index >= 15 is 0 Å². The van der Waals surface area contributed by atoms with Gasteiger partial charge in [0.2, 0.25) is 6.29 Å². The second-order valence-corrected chi connectivity index (χ2v) is 2.67. The molecule has 4 nitrogen and oxygen atoms in total. The molecule has 1 amide bonds. The van der Waals surface area contributed by atoms with E-state index in [0.29, 0.717) is 12.8 Å². The molecule has 0 N–H and O–H groups in total. The predicted molar refractivity (Wildman–Crippen MR) is 46.8 cm³/mol. The number of amides is 1. The van der Waals surface area contributed by atoms with Gasteiger partial charge in [0.05, 0.1) is 0 Å². The van der Waals surface area contributed by atoms with Gasteiger partial charge in [-0.3, -0.25) is 14.6 Å². The Morgan fingerprint density at radius 3 is 2.69 bits per heavy atom. The minimum atomic E-state index is -0.517. The Labute approximate surface area is 76.2 Å². The Balaban J connectivity index is 2.60. The van der Waals surface area contributed by atoms with Crippen molar-refractivity contribution in [2.24, 2.45) is 0 Å². The third-order valence-electron chi connectivity index (χ3n) is 1.65. The van der Waals surface area contributed by atoms with Crippen LogP contribution in [0.5, 0.6) is 0 Å². The van der Waals surface area contributed by atoms with Crippen LogP contribution in [0, 0.1) is 0 Å². The van der Waals surface area contributed by atoms with Gasteiger partial charge in [-0.25, -0.2) is 0 Å². The molecule has 0 saturated carbocycles. The van der Waals surface area contributed by atoms with E-state index < -0.39 is 5.91 Å². The second-order valence-electron chi connectivity index (χ2n) is 2.67. The molecule has 0 aliphatic heterocycles. The Morgan fingerprint density at radius 2 is 2.15 bits per heavy atom. The summed E-state index contributed by atoms with van der Waals surface area (Å²) < 4.78 is 0. The summed E-state index contributed by atoms with van der Waals surface area (Å²) >= 11 is 0. The monoisotopic (exact) mass is 178 g/mol. The molecule has 0 bridgehead atoms. The first-order valence-electron chi connectivity index (χ1n) is 3.83. The first-order valence-corrected chi connectivity index (χ1v) is 3.83. The molecule has 0 aromatic carbocycles. The maximum atomic E-state index is 10.9. The molecule has 0 radical (unpaired) electrons. The molecule has 0 fully saturated rings. The molecule has 0 aliphatic carbocycles. The Bertz CT molecular complexity index is 298. The van der Waals surface area contributed by atoms with Crippen LogP contribution in [-0.2, 0) is 16.1 Å². The molecule has 1 aromatic rings. The third-order valence-corrected chi connectivity index (χ3v) is 1.65. The van der Waals surface area contributed by atoms with Crippen molar-refractivity contribution in [1.29, 1.82) is 0 Å². The van der Waals surface area contributed by atoms with E-state index in [1.165, 1.54) is 4.90 Å². The minimum Gasteiger partial charge on any atom is -0.335 e. The highest BCUT2D eigenvalue weighted by Crippen LogP contribution is 2.00. The summed E-state index contributed by atoms with van der Waals surface area (Å²) in [5.41, 5.74) is 0.952. The molecule has 0 atom stereocenters. The number of carbonyl (C=O) groups is 2. The zero-order valence-electron chi connectivity index (χ0n) is 7.30. The lowest BCUT2D eigenvalue weighted by Crippen LogP contribution is -2.26. The van der Waals surface area contributed by atoms with Crippen LogP contribution in [0.15, 0.2) is 24.5 Å². The second kappa shape index (κ2) is 4.35. The van der Waals surface area contributed by atoms with E-state index in [2.05, 4.69) is 4.98 Å². The summed E-state index contributed by atoms with van der Waals surface area (Å²) in [6, 6.07) is 3.60. The summed E-state index contributed by atoms with van der Waals surface area (Å²) in [7, 11) is 1.58. The fourth-order valence-corrected chi connectivity index (χ4v) is 0.930. The molecule has 0 aliphatic rings. The van der Waals surface area contributed by atoms with Crippen LogP contribution in [0.4, 0.5) is 0 Å². The molecular weight excluding hydrogens is 168 g/mol. The molecule has 0 unspecified atom stereocenters. The zero-order valence-corrected chi connectivity index (χ0v) is 7.30. The average Bonchev–Trinajstić information content (AvgIpc) is 2.18. The number of hydrogen-bond donors (Lipinski definition) is 0. The molecule has 13 heavy (non-hydrogen) atoms. The Morgan fingerprint density at radius 1 is 1.54 bits per heavy atom. The highest BCUT2D eigenvalue weighted by atomic mass is 16.2. The van der Waals surface area contributed by atoms with Crippen LogP contribution >= 0.6 is 0 Å². The van der Waals surface area contributed by atoms with Gasteiger partial charge in [0.1, 0.15) is 0 Å². The molecule has 0 spiro atoms. The van der Waals surface area contributed by atoms with Crippen molar-refractivity contribution in [3.63, 3.8) is 0 Å². The van der Waals surface area contributed by atoms with Crippen LogP contribution in [0.25, 0.3) is 0 Å². The van der Waals surface area contributed by atoms with Crippen molar-refractivity contribution in [2.75, 3.05) is 7.05 Å². The smallest absolute Gasteiger partial charge is 0.286 e. The van der Waals surface area contributed by atoms with Gasteiger partial charge in [-0.15, -0.1) is 0 Å². The number of hydrogen-bond acceptors (Lipinski definition) is 3. The number of aromatic nitrogens is 1. The van der Waals surface area contributed by atoms with Crippen molar-refractivity contribution in [3.05, 3.63) is 30.1 Å². The number of carbonyl (C=O) groups excluding carboxylic acids is 2. The number of nitrogens with zero attached hydrogens (tertiary/aromatic N) is 2. The van der Waals surface area contributed by atoms with Crippen LogP contribution < -0.4 is 0 Å². The first kappa shape index (κ1) is 9.38. The van der Waals surface area contributed by atoms with Crippen molar-refractivity contribution >= 4 is 12.2 Å². The molecule has 68 valence electrons. The van der Waals surface area contributed by atoms with Crippen LogP contribution in [0.1, 0.15) is 5.56 Å². The SMILES string of the molecule is CN(Cc1ccncc1)C(=O)C=O. The number of aldehydes is 1. The van der Waals surface area contributed by atoms with Crippen molar-refractivity contribution in [2.45, 2.75) is 6.54 Å². The van der Waals surface area contributed by atoms with Gasteiger partial charge in [0, 0.05) is 26.0 Å². The normalized spacial score (nSPS) is 9.31. The third kappa shape index (κ3) is 2.66. The Hall–Kier alpha value is -1.71. The predicted octanol–water partition coefficient (Wildman–Crippen LogP) is 0.239. The summed E-state index contributed by atoms with van der Waals surface area (Å²) in [4.78, 5) is 26.2. The molecule has 4 heteroatoms.